The zero-order valence-electron chi connectivity index (χ0n) is 11.7. The van der Waals surface area contributed by atoms with Crippen LogP contribution in [0.15, 0.2) is 18.2 Å². The van der Waals surface area contributed by atoms with Crippen LogP contribution in [0.5, 0.6) is 0 Å². The highest BCUT2D eigenvalue weighted by Crippen LogP contribution is 2.19. The maximum Gasteiger partial charge on any atom is 0.280 e. The molecule has 0 unspecified atom stereocenters. The van der Waals surface area contributed by atoms with Gasteiger partial charge in [0.1, 0.15) is 0 Å². The largest absolute Gasteiger partial charge is 0.302 e. The fraction of sp³-hybridized carbons (Fsp3) is 0.308. The lowest BCUT2D eigenvalue weighted by Gasteiger charge is -2.15. The molecule has 0 aliphatic carbocycles. The Kier molecular flexibility index (Phi) is 4.06. The van der Waals surface area contributed by atoms with Crippen LogP contribution in [0.3, 0.4) is 0 Å². The van der Waals surface area contributed by atoms with Crippen LogP contribution in [-0.4, -0.2) is 39.9 Å². The SMILES string of the molecule is CON(C)C(=O)c1cc(-n2c(C)ccc2C)nnc1Cl. The second-order valence-electron chi connectivity index (χ2n) is 4.34. The molecule has 0 aliphatic heterocycles. The lowest BCUT2D eigenvalue weighted by molar-refractivity contribution is -0.0757. The standard InChI is InChI=1S/C13H15ClN4O2/c1-8-5-6-9(2)18(8)11-7-10(12(14)16-15-11)13(19)17(3)20-4/h5-7H,1-4H3. The maximum absolute atomic E-state index is 12.1. The Morgan fingerprint density at radius 2 is 1.90 bits per heavy atom. The smallest absolute Gasteiger partial charge is 0.280 e. The van der Waals surface area contributed by atoms with Gasteiger partial charge in [0.2, 0.25) is 0 Å². The highest BCUT2D eigenvalue weighted by molar-refractivity contribution is 6.32. The number of halogens is 1. The first kappa shape index (κ1) is 14.5. The van der Waals surface area contributed by atoms with Crippen molar-refractivity contribution in [3.63, 3.8) is 0 Å². The van der Waals surface area contributed by atoms with Gasteiger partial charge in [-0.25, -0.2) is 5.06 Å². The highest BCUT2D eigenvalue weighted by atomic mass is 35.5. The number of nitrogens with zero attached hydrogens (tertiary/aromatic N) is 4. The Morgan fingerprint density at radius 1 is 1.30 bits per heavy atom. The van der Waals surface area contributed by atoms with Gasteiger partial charge in [-0.3, -0.25) is 9.63 Å². The predicted molar refractivity (Wildman–Crippen MR) is 74.9 cm³/mol. The summed E-state index contributed by atoms with van der Waals surface area (Å²) in [6, 6.07) is 5.54. The van der Waals surface area contributed by atoms with E-state index in [1.54, 1.807) is 6.07 Å². The summed E-state index contributed by atoms with van der Waals surface area (Å²) in [5, 5.41) is 9.02. The predicted octanol–water partition coefficient (Wildman–Crippen LogP) is 2.17. The molecule has 2 aromatic heterocycles. The van der Waals surface area contributed by atoms with Crippen molar-refractivity contribution in [1.29, 1.82) is 0 Å². The van der Waals surface area contributed by atoms with Gasteiger partial charge in [0.15, 0.2) is 11.0 Å². The van der Waals surface area contributed by atoms with Crippen LogP contribution in [0.4, 0.5) is 0 Å². The molecule has 20 heavy (non-hydrogen) atoms. The number of aryl methyl sites for hydroxylation is 2. The maximum atomic E-state index is 12.1. The molecule has 0 saturated heterocycles. The van der Waals surface area contributed by atoms with Crippen molar-refractivity contribution in [1.82, 2.24) is 19.8 Å². The van der Waals surface area contributed by atoms with E-state index in [4.69, 9.17) is 16.4 Å². The van der Waals surface area contributed by atoms with E-state index in [2.05, 4.69) is 10.2 Å². The zero-order chi connectivity index (χ0) is 14.9. The average Bonchev–Trinajstić information content (AvgIpc) is 2.77. The molecular weight excluding hydrogens is 280 g/mol. The molecule has 0 radical (unpaired) electrons. The molecule has 0 spiro atoms. The van der Waals surface area contributed by atoms with Crippen molar-refractivity contribution in [3.8, 4) is 5.82 Å². The third-order valence-corrected chi connectivity index (χ3v) is 3.31. The van der Waals surface area contributed by atoms with Gasteiger partial charge >= 0.3 is 0 Å². The van der Waals surface area contributed by atoms with E-state index in [9.17, 15) is 4.79 Å². The molecule has 0 aliphatic rings. The molecule has 1 amide bonds. The fourth-order valence-electron chi connectivity index (χ4n) is 1.91. The Balaban J connectivity index is 2.52. The van der Waals surface area contributed by atoms with E-state index >= 15 is 0 Å². The summed E-state index contributed by atoms with van der Waals surface area (Å²) < 4.78 is 1.90. The van der Waals surface area contributed by atoms with E-state index in [0.717, 1.165) is 16.5 Å². The van der Waals surface area contributed by atoms with Gasteiger partial charge in [-0.1, -0.05) is 11.6 Å². The van der Waals surface area contributed by atoms with Crippen molar-refractivity contribution < 1.29 is 9.63 Å². The number of hydrogen-bond donors (Lipinski definition) is 0. The molecule has 0 atom stereocenters. The topological polar surface area (TPSA) is 60.2 Å². The zero-order valence-corrected chi connectivity index (χ0v) is 12.5. The first-order chi connectivity index (χ1) is 9.45. The second kappa shape index (κ2) is 5.60. The molecule has 0 aromatic carbocycles. The Morgan fingerprint density at radius 3 is 2.45 bits per heavy atom. The third-order valence-electron chi connectivity index (χ3n) is 3.03. The van der Waals surface area contributed by atoms with Crippen LogP contribution in [-0.2, 0) is 4.84 Å². The molecular formula is C13H15ClN4O2. The molecule has 6 nitrogen and oxygen atoms in total. The summed E-state index contributed by atoms with van der Waals surface area (Å²) in [5.74, 6) is 0.165. The van der Waals surface area contributed by atoms with E-state index in [-0.39, 0.29) is 16.6 Å². The molecule has 2 rings (SSSR count). The van der Waals surface area contributed by atoms with Crippen LogP contribution in [0.2, 0.25) is 5.15 Å². The van der Waals surface area contributed by atoms with Crippen LogP contribution in [0.25, 0.3) is 5.82 Å². The molecule has 2 aromatic rings. The minimum atomic E-state index is -0.379. The third kappa shape index (κ3) is 2.52. The Labute approximate surface area is 121 Å². The first-order valence-corrected chi connectivity index (χ1v) is 6.34. The molecule has 7 heteroatoms. The first-order valence-electron chi connectivity index (χ1n) is 5.96. The number of hydroxylamine groups is 2. The lowest BCUT2D eigenvalue weighted by Crippen LogP contribution is -2.26. The second-order valence-corrected chi connectivity index (χ2v) is 4.70. The van der Waals surface area contributed by atoms with Crippen molar-refractivity contribution >= 4 is 17.5 Å². The minimum absolute atomic E-state index is 0.0464. The molecule has 2 heterocycles. The van der Waals surface area contributed by atoms with Crippen molar-refractivity contribution in [3.05, 3.63) is 40.3 Å². The number of carbonyl (C=O) groups is 1. The fourth-order valence-corrected chi connectivity index (χ4v) is 2.08. The van der Waals surface area contributed by atoms with Gasteiger partial charge in [0, 0.05) is 18.4 Å². The summed E-state index contributed by atoms with van der Waals surface area (Å²) in [6.45, 7) is 3.90. The van der Waals surface area contributed by atoms with E-state index in [1.807, 2.05) is 30.5 Å². The quantitative estimate of drug-likeness (QED) is 0.814. The molecule has 0 N–H and O–H groups in total. The van der Waals surface area contributed by atoms with E-state index in [0.29, 0.717) is 5.82 Å². The number of aromatic nitrogens is 3. The molecule has 0 bridgehead atoms. The Bertz CT molecular complexity index is 634. The highest BCUT2D eigenvalue weighted by Gasteiger charge is 2.19. The van der Waals surface area contributed by atoms with Crippen LogP contribution < -0.4 is 0 Å². The van der Waals surface area contributed by atoms with Gasteiger partial charge in [0.05, 0.1) is 12.7 Å². The summed E-state index contributed by atoms with van der Waals surface area (Å²) >= 11 is 5.95. The van der Waals surface area contributed by atoms with Crippen LogP contribution in [0, 0.1) is 13.8 Å². The molecule has 0 saturated carbocycles. The van der Waals surface area contributed by atoms with E-state index in [1.165, 1.54) is 14.2 Å². The van der Waals surface area contributed by atoms with Crippen molar-refractivity contribution in [2.24, 2.45) is 0 Å². The van der Waals surface area contributed by atoms with Gasteiger partial charge in [0.25, 0.3) is 5.91 Å². The summed E-state index contributed by atoms with van der Waals surface area (Å²) in [4.78, 5) is 17.0. The number of amides is 1. The van der Waals surface area contributed by atoms with Crippen molar-refractivity contribution in [2.75, 3.05) is 14.2 Å². The van der Waals surface area contributed by atoms with Gasteiger partial charge in [-0.2, -0.15) is 0 Å². The van der Waals surface area contributed by atoms with E-state index < -0.39 is 0 Å². The van der Waals surface area contributed by atoms with Crippen LogP contribution >= 0.6 is 11.6 Å². The number of rotatable bonds is 3. The number of hydrogen-bond acceptors (Lipinski definition) is 4. The van der Waals surface area contributed by atoms with Gasteiger partial charge in [-0.15, -0.1) is 10.2 Å². The normalized spacial score (nSPS) is 10.7. The van der Waals surface area contributed by atoms with Crippen LogP contribution in [0.1, 0.15) is 21.7 Å². The lowest BCUT2D eigenvalue weighted by atomic mass is 10.2. The summed E-state index contributed by atoms with van der Waals surface area (Å²) in [6.07, 6.45) is 0. The summed E-state index contributed by atoms with van der Waals surface area (Å²) in [5.41, 5.74) is 2.24. The minimum Gasteiger partial charge on any atom is -0.302 e. The van der Waals surface area contributed by atoms with Gasteiger partial charge in [-0.05, 0) is 32.0 Å². The Hall–Kier alpha value is -1.92. The average molecular weight is 295 g/mol. The molecule has 0 fully saturated rings. The monoisotopic (exact) mass is 294 g/mol. The van der Waals surface area contributed by atoms with Gasteiger partial charge < -0.3 is 4.57 Å². The van der Waals surface area contributed by atoms with Crippen molar-refractivity contribution in [2.45, 2.75) is 13.8 Å². The summed E-state index contributed by atoms with van der Waals surface area (Å²) in [7, 11) is 2.91. The number of carbonyl (C=O) groups excluding carboxylic acids is 1. The molecule has 106 valence electrons.